The van der Waals surface area contributed by atoms with Crippen molar-refractivity contribution < 1.29 is 28.5 Å². The number of benzene rings is 5. The minimum Gasteiger partial charge on any atom is -0.497 e. The van der Waals surface area contributed by atoms with E-state index in [0.717, 1.165) is 38.2 Å². The summed E-state index contributed by atoms with van der Waals surface area (Å²) in [5.41, 5.74) is 2.79. The summed E-state index contributed by atoms with van der Waals surface area (Å²) < 4.78 is 31.1. The fourth-order valence-corrected chi connectivity index (χ4v) is 5.80. The third-order valence-corrected chi connectivity index (χ3v) is 8.98. The number of halogens is 2. The van der Waals surface area contributed by atoms with Gasteiger partial charge in [0, 0.05) is 4.47 Å². The van der Waals surface area contributed by atoms with Gasteiger partial charge in [-0.05, 0) is 77.7 Å². The van der Waals surface area contributed by atoms with Crippen LogP contribution in [0.3, 0.4) is 0 Å². The van der Waals surface area contributed by atoms with Gasteiger partial charge < -0.3 is 23.7 Å². The van der Waals surface area contributed by atoms with E-state index < -0.39 is 17.7 Å². The summed E-state index contributed by atoms with van der Waals surface area (Å²) in [5, 5.41) is 0.452. The van der Waals surface area contributed by atoms with E-state index in [4.69, 9.17) is 35.3 Å². The molecule has 0 bridgehead atoms. The average Bonchev–Trinajstić information content (AvgIpc) is 3.12. The topological polar surface area (TPSA) is 63.2 Å². The zero-order valence-corrected chi connectivity index (χ0v) is 28.1. The molecule has 0 aliphatic carbocycles. The number of methoxy groups -OCH3 is 2. The molecule has 236 valence electrons. The van der Waals surface area contributed by atoms with Gasteiger partial charge in [0.15, 0.2) is 6.10 Å². The molecule has 5 aromatic rings. The van der Waals surface area contributed by atoms with Crippen molar-refractivity contribution in [2.45, 2.75) is 18.6 Å². The summed E-state index contributed by atoms with van der Waals surface area (Å²) in [6.07, 6.45) is -0.731. The predicted octanol–water partition coefficient (Wildman–Crippen LogP) is 9.04. The highest BCUT2D eigenvalue weighted by Gasteiger charge is 2.39. The normalized spacial score (nSPS) is 11.8. The van der Waals surface area contributed by atoms with Crippen LogP contribution in [0.25, 0.3) is 0 Å². The lowest BCUT2D eigenvalue weighted by molar-refractivity contribution is -0.0484. The second-order valence-electron chi connectivity index (χ2n) is 10.5. The molecule has 0 amide bonds. The van der Waals surface area contributed by atoms with E-state index in [0.29, 0.717) is 16.3 Å². The number of hydrogen-bond donors (Lipinski definition) is 0. The smallest absolute Gasteiger partial charge is 0.338 e. The van der Waals surface area contributed by atoms with E-state index in [1.807, 2.05) is 97.9 Å². The zero-order chi connectivity index (χ0) is 32.5. The van der Waals surface area contributed by atoms with Crippen LogP contribution in [0, 0.1) is 6.92 Å². The highest BCUT2D eigenvalue weighted by atomic mass is 79.9. The Morgan fingerprint density at radius 1 is 0.717 bits per heavy atom. The summed E-state index contributed by atoms with van der Waals surface area (Å²) in [7, 11) is 3.26. The van der Waals surface area contributed by atoms with E-state index in [-0.39, 0.29) is 13.2 Å². The van der Waals surface area contributed by atoms with Gasteiger partial charge in [-0.2, -0.15) is 0 Å². The van der Waals surface area contributed by atoms with Crippen molar-refractivity contribution in [1.29, 1.82) is 0 Å². The molecule has 0 N–H and O–H groups in total. The van der Waals surface area contributed by atoms with E-state index in [2.05, 4.69) is 15.9 Å². The second kappa shape index (κ2) is 15.3. The van der Waals surface area contributed by atoms with E-state index in [9.17, 15) is 4.79 Å². The molecule has 1 atom stereocenters. The first-order chi connectivity index (χ1) is 22.3. The lowest BCUT2D eigenvalue weighted by Crippen LogP contribution is -2.39. The van der Waals surface area contributed by atoms with Gasteiger partial charge >= 0.3 is 5.97 Å². The zero-order valence-electron chi connectivity index (χ0n) is 25.7. The first-order valence-corrected chi connectivity index (χ1v) is 15.8. The molecule has 0 aliphatic heterocycles. The third kappa shape index (κ3) is 7.39. The van der Waals surface area contributed by atoms with Crippen molar-refractivity contribution in [2.75, 3.05) is 27.4 Å². The molecule has 0 aliphatic rings. The highest BCUT2D eigenvalue weighted by molar-refractivity contribution is 9.10. The van der Waals surface area contributed by atoms with Crippen LogP contribution in [0.15, 0.2) is 126 Å². The second-order valence-corrected chi connectivity index (χ2v) is 11.7. The Bertz CT molecular complexity index is 1680. The lowest BCUT2D eigenvalue weighted by Gasteiger charge is -2.37. The minimum absolute atomic E-state index is 0.0282. The van der Waals surface area contributed by atoms with E-state index >= 15 is 0 Å². The number of carbonyl (C=O) groups excluding carboxylic acids is 1. The maximum Gasteiger partial charge on any atom is 0.338 e. The van der Waals surface area contributed by atoms with Crippen molar-refractivity contribution in [3.05, 3.63) is 159 Å². The molecule has 0 saturated carbocycles. The standard InChI is InChI=1S/C38H34BrClO6/c1-26-34(39)22-23-35(36(26)40)46-33(24-44-37(41)27-10-6-4-7-11-27)25-45-38(28-12-8-5-9-13-28,29-14-18-31(42-2)19-15-29)30-16-20-32(43-3)21-17-30/h4-23,33H,24-25H2,1-3H3/t33-/m1/s1. The van der Waals surface area contributed by atoms with Gasteiger partial charge in [-0.1, -0.05) is 100 Å². The van der Waals surface area contributed by atoms with Crippen LogP contribution in [0.4, 0.5) is 0 Å². The van der Waals surface area contributed by atoms with Crippen LogP contribution in [-0.2, 0) is 15.1 Å². The fourth-order valence-electron chi connectivity index (χ4n) is 5.14. The highest BCUT2D eigenvalue weighted by Crippen LogP contribution is 2.42. The van der Waals surface area contributed by atoms with Crippen molar-refractivity contribution in [3.8, 4) is 17.2 Å². The molecular weight excluding hydrogens is 668 g/mol. The molecule has 6 nitrogen and oxygen atoms in total. The van der Waals surface area contributed by atoms with Crippen molar-refractivity contribution >= 4 is 33.5 Å². The van der Waals surface area contributed by atoms with Crippen LogP contribution in [0.1, 0.15) is 32.6 Å². The Morgan fingerprint density at radius 2 is 1.24 bits per heavy atom. The molecule has 0 aromatic heterocycles. The monoisotopic (exact) mass is 700 g/mol. The quantitative estimate of drug-likeness (QED) is 0.0902. The van der Waals surface area contributed by atoms with Gasteiger partial charge in [0.1, 0.15) is 29.5 Å². The summed E-state index contributed by atoms with van der Waals surface area (Å²) in [6.45, 7) is 1.84. The van der Waals surface area contributed by atoms with Gasteiger partial charge in [0.05, 0.1) is 31.4 Å². The molecule has 0 heterocycles. The number of rotatable bonds is 13. The summed E-state index contributed by atoms with van der Waals surface area (Å²) in [6, 6.07) is 38.0. The van der Waals surface area contributed by atoms with Crippen LogP contribution in [0.5, 0.6) is 17.2 Å². The van der Waals surface area contributed by atoms with Crippen LogP contribution in [0.2, 0.25) is 5.02 Å². The Balaban J connectivity index is 1.56. The van der Waals surface area contributed by atoms with Crippen LogP contribution in [-0.4, -0.2) is 39.5 Å². The fraction of sp³-hybridized carbons (Fsp3) is 0.184. The number of carbonyl (C=O) groups is 1. The molecule has 0 fully saturated rings. The first kappa shape index (κ1) is 33.1. The summed E-state index contributed by atoms with van der Waals surface area (Å²) in [5.74, 6) is 1.42. The number of hydrogen-bond acceptors (Lipinski definition) is 6. The molecule has 5 rings (SSSR count). The molecular formula is C38H34BrClO6. The van der Waals surface area contributed by atoms with Crippen LogP contribution >= 0.6 is 27.5 Å². The van der Waals surface area contributed by atoms with E-state index in [1.165, 1.54) is 0 Å². The molecule has 0 unspecified atom stereocenters. The maximum atomic E-state index is 13.0. The average molecular weight is 702 g/mol. The van der Waals surface area contributed by atoms with Gasteiger partial charge in [0.2, 0.25) is 0 Å². The van der Waals surface area contributed by atoms with E-state index in [1.54, 1.807) is 44.6 Å². The Kier molecular flexibility index (Phi) is 11.0. The van der Waals surface area contributed by atoms with Crippen molar-refractivity contribution in [2.24, 2.45) is 0 Å². The van der Waals surface area contributed by atoms with Gasteiger partial charge in [-0.15, -0.1) is 0 Å². The maximum absolute atomic E-state index is 13.0. The SMILES string of the molecule is COc1ccc(C(OC[C@@H](COC(=O)c2ccccc2)Oc2ccc(Br)c(C)c2Cl)(c2ccccc2)c2ccc(OC)cc2)cc1. The van der Waals surface area contributed by atoms with Crippen LogP contribution < -0.4 is 14.2 Å². The van der Waals surface area contributed by atoms with Gasteiger partial charge in [-0.25, -0.2) is 4.79 Å². The third-order valence-electron chi connectivity index (χ3n) is 7.65. The molecule has 0 spiro atoms. The lowest BCUT2D eigenvalue weighted by atomic mass is 9.80. The molecule has 8 heteroatoms. The number of ether oxygens (including phenoxy) is 5. The molecule has 5 aromatic carbocycles. The van der Waals surface area contributed by atoms with Gasteiger partial charge in [-0.3, -0.25) is 0 Å². The van der Waals surface area contributed by atoms with Crippen molar-refractivity contribution in [3.63, 3.8) is 0 Å². The van der Waals surface area contributed by atoms with Gasteiger partial charge in [0.25, 0.3) is 0 Å². The molecule has 0 radical (unpaired) electrons. The van der Waals surface area contributed by atoms with Crippen molar-refractivity contribution in [1.82, 2.24) is 0 Å². The summed E-state index contributed by atoms with van der Waals surface area (Å²) >= 11 is 10.2. The Hall–Kier alpha value is -4.30. The Labute approximate surface area is 282 Å². The predicted molar refractivity (Wildman–Crippen MR) is 183 cm³/mol. The summed E-state index contributed by atoms with van der Waals surface area (Å²) in [4.78, 5) is 13.0. The largest absolute Gasteiger partial charge is 0.497 e. The molecule has 46 heavy (non-hydrogen) atoms. The number of esters is 1. The first-order valence-electron chi connectivity index (χ1n) is 14.7. The molecule has 0 saturated heterocycles. The minimum atomic E-state index is -1.09. The Morgan fingerprint density at radius 3 is 1.78 bits per heavy atom.